The molecule has 1 N–H and O–H groups in total. The van der Waals surface area contributed by atoms with Gasteiger partial charge in [0, 0.05) is 21.4 Å². The number of hydrogen-bond donors (Lipinski definition) is 1. The first-order chi connectivity index (χ1) is 13.1. The Labute approximate surface area is 168 Å². The fraction of sp³-hybridized carbons (Fsp3) is 0. The summed E-state index contributed by atoms with van der Waals surface area (Å²) in [6.07, 6.45) is 10.3. The minimum atomic E-state index is -4.19. The number of allylic oxidation sites excluding steroid dienone is 10. The van der Waals surface area contributed by atoms with Crippen molar-refractivity contribution in [1.29, 1.82) is 10.9 Å². The van der Waals surface area contributed by atoms with Crippen molar-refractivity contribution < 1.29 is 16.8 Å². The van der Waals surface area contributed by atoms with Crippen molar-refractivity contribution in [2.75, 3.05) is 0 Å². The maximum Gasteiger partial charge on any atom is 0.339 e. The minimum Gasteiger partial charge on any atom is -0.207 e. The van der Waals surface area contributed by atoms with E-state index in [1.165, 1.54) is 36.5 Å². The topological polar surface area (TPSA) is 157 Å². The molecule has 0 heterocycles. The maximum atomic E-state index is 11.8. The van der Waals surface area contributed by atoms with Crippen LogP contribution in [0.15, 0.2) is 85.0 Å². The molecule has 0 aromatic heterocycles. The summed E-state index contributed by atoms with van der Waals surface area (Å²) in [7, 11) is 2.50. The second-order valence-corrected chi connectivity index (χ2v) is 10.1. The van der Waals surface area contributed by atoms with Crippen molar-refractivity contribution in [3.63, 3.8) is 0 Å². The molecule has 0 fully saturated rings. The zero-order valence-electron chi connectivity index (χ0n) is 13.6. The van der Waals surface area contributed by atoms with Crippen LogP contribution in [0.1, 0.15) is 0 Å². The Morgan fingerprint density at radius 1 is 0.893 bits per heavy atom. The van der Waals surface area contributed by atoms with E-state index < -0.39 is 18.1 Å². The Kier molecular flexibility index (Phi) is 6.57. The van der Waals surface area contributed by atoms with Gasteiger partial charge in [0.2, 0.25) is 0 Å². The Bertz CT molecular complexity index is 1230. The largest absolute Gasteiger partial charge is 0.339 e. The molecule has 2 aliphatic rings. The molecule has 10 nitrogen and oxygen atoms in total. The number of nitrogens with zero attached hydrogens (tertiary/aromatic N) is 5. The smallest absolute Gasteiger partial charge is 0.207 e. The summed E-state index contributed by atoms with van der Waals surface area (Å²) in [6.45, 7) is 0. The van der Waals surface area contributed by atoms with Gasteiger partial charge in [-0.2, -0.15) is 5.53 Å². The molecule has 0 spiro atoms. The van der Waals surface area contributed by atoms with Gasteiger partial charge in [-0.25, -0.2) is 16.8 Å². The second-order valence-electron chi connectivity index (χ2n) is 5.04. The number of rotatable bonds is 4. The second kappa shape index (κ2) is 8.53. The van der Waals surface area contributed by atoms with Gasteiger partial charge in [0.15, 0.2) is 10.8 Å². The molecule has 0 amide bonds. The summed E-state index contributed by atoms with van der Waals surface area (Å²) in [5.74, 6) is 0. The first-order valence-electron chi connectivity index (χ1n) is 7.04. The van der Waals surface area contributed by atoms with Crippen LogP contribution in [0.25, 0.3) is 5.08 Å². The Morgan fingerprint density at radius 3 is 1.79 bits per heavy atom. The van der Waals surface area contributed by atoms with Gasteiger partial charge in [-0.1, -0.05) is 29.5 Å². The molecule has 0 bridgehead atoms. The van der Waals surface area contributed by atoms with Gasteiger partial charge in [0.25, 0.3) is 23.5 Å². The van der Waals surface area contributed by atoms with E-state index in [0.717, 1.165) is 12.2 Å². The summed E-state index contributed by atoms with van der Waals surface area (Å²) in [6, 6.07) is 0. The van der Waals surface area contributed by atoms with E-state index in [-0.39, 0.29) is 32.4 Å². The highest BCUT2D eigenvalue weighted by Crippen LogP contribution is 2.29. The molecule has 0 aliphatic heterocycles. The third kappa shape index (κ3) is 5.40. The Balaban J connectivity index is 2.57. The number of nitrogens with one attached hydrogen (secondary N) is 1. The molecule has 0 unspecified atom stereocenters. The van der Waals surface area contributed by atoms with Crippen molar-refractivity contribution in [3.05, 3.63) is 74.6 Å². The number of halogens is 2. The predicted octanol–water partition coefficient (Wildman–Crippen LogP) is 3.48. The first-order valence-corrected chi connectivity index (χ1v) is 11.7. The zero-order chi connectivity index (χ0) is 20.9. The minimum absolute atomic E-state index is 0.0352. The molecule has 0 aromatic rings. The van der Waals surface area contributed by atoms with Crippen molar-refractivity contribution in [1.82, 2.24) is 0 Å². The van der Waals surface area contributed by atoms with Crippen LogP contribution in [-0.2, 0) is 18.1 Å². The normalized spacial score (nSPS) is 23.0. The van der Waals surface area contributed by atoms with Crippen LogP contribution >= 0.6 is 21.4 Å². The van der Waals surface area contributed by atoms with E-state index in [1.807, 2.05) is 0 Å². The highest BCUT2D eigenvalue weighted by molar-refractivity contribution is 8.17. The van der Waals surface area contributed by atoms with Crippen LogP contribution in [-0.4, -0.2) is 28.3 Å². The standard InChI is InChI=1S/C14H9Cl2N6O4S2/c15-27(23,24)13-7-11(19-21-17)5-3-9(13)1-2-10-4-6-12(20-22-18)8-14(10)28(16,25)26/h1-8,17H/q+1. The third-order valence-corrected chi connectivity index (χ3v) is 6.04. The van der Waals surface area contributed by atoms with Gasteiger partial charge >= 0.3 is 5.08 Å². The summed E-state index contributed by atoms with van der Waals surface area (Å²) < 4.78 is 47.2. The van der Waals surface area contributed by atoms with Gasteiger partial charge in [-0.05, 0) is 35.5 Å². The van der Waals surface area contributed by atoms with Gasteiger partial charge < -0.3 is 0 Å². The monoisotopic (exact) mass is 459 g/mol. The van der Waals surface area contributed by atoms with Gasteiger partial charge in [-0.15, -0.1) is 5.10 Å². The number of diazo groups is 1. The highest BCUT2D eigenvalue weighted by Gasteiger charge is 2.23. The van der Waals surface area contributed by atoms with Crippen LogP contribution in [0, 0.1) is 10.9 Å². The SMILES string of the molecule is N#[N+]N=C1C=CC(=CC=C2C=CC(=NN=N)C=C2S(=O)(=O)Cl)C(S(=O)(=O)Cl)=C1. The van der Waals surface area contributed by atoms with Crippen LogP contribution in [0.3, 0.4) is 0 Å². The summed E-state index contributed by atoms with van der Waals surface area (Å²) in [5, 5.41) is 20.6. The van der Waals surface area contributed by atoms with E-state index in [2.05, 4.69) is 20.5 Å². The van der Waals surface area contributed by atoms with Crippen LogP contribution < -0.4 is 0 Å². The molecule has 0 aromatic carbocycles. The van der Waals surface area contributed by atoms with Gasteiger partial charge in [0.1, 0.15) is 0 Å². The summed E-state index contributed by atoms with van der Waals surface area (Å²) in [4.78, 5) is -0.637. The van der Waals surface area contributed by atoms with E-state index in [4.69, 9.17) is 32.3 Å². The molecule has 0 saturated heterocycles. The lowest BCUT2D eigenvalue weighted by molar-refractivity contribution is 0.613. The molecular formula is C14H9Cl2N6O4S2+. The van der Waals surface area contributed by atoms with E-state index in [1.54, 1.807) is 0 Å². The summed E-state index contributed by atoms with van der Waals surface area (Å²) >= 11 is 0. The first kappa shape index (κ1) is 21.6. The van der Waals surface area contributed by atoms with E-state index in [9.17, 15) is 16.8 Å². The lowest BCUT2D eigenvalue weighted by atomic mass is 10.0. The molecule has 0 atom stereocenters. The molecular weight excluding hydrogens is 451 g/mol. The lowest BCUT2D eigenvalue weighted by Crippen LogP contribution is -2.07. The molecule has 0 radical (unpaired) electrons. The quantitative estimate of drug-likeness (QED) is 0.294. The van der Waals surface area contributed by atoms with E-state index in [0.29, 0.717) is 0 Å². The summed E-state index contributed by atoms with van der Waals surface area (Å²) in [5.41, 5.74) is 7.09. The molecule has 144 valence electrons. The Morgan fingerprint density at radius 2 is 1.36 bits per heavy atom. The lowest BCUT2D eigenvalue weighted by Gasteiger charge is -2.11. The van der Waals surface area contributed by atoms with Crippen molar-refractivity contribution in [2.45, 2.75) is 0 Å². The van der Waals surface area contributed by atoms with Gasteiger partial charge in [-0.3, -0.25) is 0 Å². The van der Waals surface area contributed by atoms with Crippen LogP contribution in [0.5, 0.6) is 0 Å². The maximum absolute atomic E-state index is 11.8. The average molecular weight is 460 g/mol. The molecule has 28 heavy (non-hydrogen) atoms. The van der Waals surface area contributed by atoms with Crippen LogP contribution in [0.4, 0.5) is 0 Å². The zero-order valence-corrected chi connectivity index (χ0v) is 16.7. The van der Waals surface area contributed by atoms with Gasteiger partial charge in [0.05, 0.1) is 15.5 Å². The van der Waals surface area contributed by atoms with Crippen molar-refractivity contribution >= 4 is 50.9 Å². The predicted molar refractivity (Wildman–Crippen MR) is 105 cm³/mol. The van der Waals surface area contributed by atoms with E-state index >= 15 is 0 Å². The number of hydrogen-bond acceptors (Lipinski definition) is 8. The fourth-order valence-corrected chi connectivity index (χ4v) is 4.32. The van der Waals surface area contributed by atoms with Crippen molar-refractivity contribution in [2.24, 2.45) is 15.4 Å². The Hall–Kier alpha value is -2.72. The molecule has 14 heteroatoms. The molecule has 2 aliphatic carbocycles. The molecule has 0 saturated carbocycles. The molecule has 2 rings (SSSR count). The van der Waals surface area contributed by atoms with Crippen molar-refractivity contribution in [3.8, 4) is 0 Å². The fourth-order valence-electron chi connectivity index (χ4n) is 2.16. The average Bonchev–Trinajstić information content (AvgIpc) is 2.60. The highest BCUT2D eigenvalue weighted by atomic mass is 35.7. The van der Waals surface area contributed by atoms with Crippen LogP contribution in [0.2, 0.25) is 0 Å². The third-order valence-electron chi connectivity index (χ3n) is 3.29.